The molecule has 0 spiro atoms. The van der Waals surface area contributed by atoms with E-state index in [1.165, 1.54) is 0 Å². The lowest BCUT2D eigenvalue weighted by Crippen LogP contribution is -2.06. The van der Waals surface area contributed by atoms with Crippen molar-refractivity contribution in [3.63, 3.8) is 0 Å². The summed E-state index contributed by atoms with van der Waals surface area (Å²) in [5.41, 5.74) is 12.4. The zero-order valence-electron chi connectivity index (χ0n) is 30.2. The Hall–Kier alpha value is -7.63. The van der Waals surface area contributed by atoms with Gasteiger partial charge in [0.2, 0.25) is 5.95 Å². The van der Waals surface area contributed by atoms with Crippen molar-refractivity contribution in [1.82, 2.24) is 19.5 Å². The predicted molar refractivity (Wildman–Crippen MR) is 229 cm³/mol. The lowest BCUT2D eigenvalue weighted by molar-refractivity contribution is 0.669. The molecule has 5 heteroatoms. The van der Waals surface area contributed by atoms with Crippen LogP contribution >= 0.6 is 0 Å². The summed E-state index contributed by atoms with van der Waals surface area (Å²) in [6.07, 6.45) is 0. The number of aromatic nitrogens is 4. The lowest BCUT2D eigenvalue weighted by Gasteiger charge is -2.12. The quantitative estimate of drug-likeness (QED) is 0.172. The van der Waals surface area contributed by atoms with Gasteiger partial charge in [0.15, 0.2) is 11.6 Å². The monoisotopic (exact) mass is 716 g/mol. The van der Waals surface area contributed by atoms with Gasteiger partial charge in [0.1, 0.15) is 11.2 Å². The van der Waals surface area contributed by atoms with E-state index in [9.17, 15) is 0 Å². The molecule has 0 saturated carbocycles. The summed E-state index contributed by atoms with van der Waals surface area (Å²) in [4.78, 5) is 15.5. The lowest BCUT2D eigenvalue weighted by atomic mass is 9.97. The van der Waals surface area contributed by atoms with Crippen LogP contribution < -0.4 is 0 Å². The molecule has 0 atom stereocenters. The highest BCUT2D eigenvalue weighted by Gasteiger charge is 2.18. The Bertz CT molecular complexity index is 3200. The topological polar surface area (TPSA) is 56.7 Å². The van der Waals surface area contributed by atoms with Gasteiger partial charge >= 0.3 is 0 Å². The first-order valence-corrected chi connectivity index (χ1v) is 18.8. The molecule has 0 aliphatic carbocycles. The number of para-hydroxylation sites is 3. The van der Waals surface area contributed by atoms with Gasteiger partial charge in [0, 0.05) is 32.7 Å². The van der Waals surface area contributed by atoms with E-state index in [1.807, 2.05) is 18.2 Å². The molecule has 8 aromatic carbocycles. The van der Waals surface area contributed by atoms with Crippen molar-refractivity contribution in [3.05, 3.63) is 194 Å². The molecule has 0 aliphatic rings. The average molecular weight is 717 g/mol. The van der Waals surface area contributed by atoms with Crippen LogP contribution in [0.5, 0.6) is 0 Å². The van der Waals surface area contributed by atoms with Gasteiger partial charge in [-0.15, -0.1) is 0 Å². The maximum absolute atomic E-state index is 6.20. The van der Waals surface area contributed by atoms with Gasteiger partial charge in [-0.25, -0.2) is 4.98 Å². The van der Waals surface area contributed by atoms with E-state index >= 15 is 0 Å². The van der Waals surface area contributed by atoms with Crippen molar-refractivity contribution in [1.29, 1.82) is 0 Å². The second kappa shape index (κ2) is 13.0. The second-order valence-corrected chi connectivity index (χ2v) is 14.1. The molecule has 262 valence electrons. The summed E-state index contributed by atoms with van der Waals surface area (Å²) in [7, 11) is 0. The molecule has 0 N–H and O–H groups in total. The molecule has 0 fully saturated rings. The van der Waals surface area contributed by atoms with E-state index in [0.717, 1.165) is 88.3 Å². The standard InChI is InChI=1S/C51H32N4O/c1-2-12-33(13-3-1)37-15-11-17-40(31-37)50-52-49(53-51(54-50)55-45-21-7-4-18-41(45)42-19-5-8-22-46(42)55)35-26-24-34(25-27-35)36-14-10-16-38(30-36)39-28-29-44-43-20-6-9-23-47(43)56-48(44)32-39/h1-32H. The molecule has 0 bridgehead atoms. The highest BCUT2D eigenvalue weighted by Crippen LogP contribution is 2.36. The van der Waals surface area contributed by atoms with Crippen LogP contribution in [-0.2, 0) is 0 Å². The molecule has 3 aromatic heterocycles. The minimum atomic E-state index is 0.575. The number of fused-ring (bicyclic) bond motifs is 6. The highest BCUT2D eigenvalue weighted by molar-refractivity contribution is 6.09. The molecule has 11 rings (SSSR count). The van der Waals surface area contributed by atoms with Gasteiger partial charge in [0.25, 0.3) is 0 Å². The molecule has 0 radical (unpaired) electrons. The molecule has 0 amide bonds. The first-order chi connectivity index (χ1) is 27.7. The summed E-state index contributed by atoms with van der Waals surface area (Å²) in [6, 6.07) is 67.5. The van der Waals surface area contributed by atoms with Gasteiger partial charge in [-0.2, -0.15) is 9.97 Å². The van der Waals surface area contributed by atoms with Crippen molar-refractivity contribution in [2.24, 2.45) is 0 Å². The molecule has 56 heavy (non-hydrogen) atoms. The summed E-state index contributed by atoms with van der Waals surface area (Å²) in [6.45, 7) is 0. The molecular formula is C51H32N4O. The Balaban J connectivity index is 1.01. The van der Waals surface area contributed by atoms with Crippen molar-refractivity contribution >= 4 is 43.7 Å². The molecule has 11 aromatic rings. The fourth-order valence-electron chi connectivity index (χ4n) is 7.92. The van der Waals surface area contributed by atoms with Crippen LogP contribution in [0.3, 0.4) is 0 Å². The zero-order valence-corrected chi connectivity index (χ0v) is 30.2. The fraction of sp³-hybridized carbons (Fsp3) is 0. The van der Waals surface area contributed by atoms with Crippen LogP contribution in [0, 0.1) is 0 Å². The summed E-state index contributed by atoms with van der Waals surface area (Å²) in [5, 5.41) is 4.57. The van der Waals surface area contributed by atoms with E-state index in [1.54, 1.807) is 0 Å². The van der Waals surface area contributed by atoms with Gasteiger partial charge in [0.05, 0.1) is 11.0 Å². The van der Waals surface area contributed by atoms with Crippen LogP contribution in [0.1, 0.15) is 0 Å². The van der Waals surface area contributed by atoms with Crippen molar-refractivity contribution in [2.75, 3.05) is 0 Å². The molecule has 3 heterocycles. The SMILES string of the molecule is c1ccc(-c2cccc(-c3nc(-c4ccc(-c5cccc(-c6ccc7c(c6)oc6ccccc67)c5)cc4)nc(-n4c5ccccc5c5ccccc54)n3)c2)cc1. The number of benzene rings is 8. The van der Waals surface area contributed by atoms with E-state index in [0.29, 0.717) is 17.6 Å². The Labute approximate surface area is 322 Å². The number of rotatable bonds is 6. The Morgan fingerprint density at radius 3 is 1.48 bits per heavy atom. The van der Waals surface area contributed by atoms with Gasteiger partial charge < -0.3 is 4.42 Å². The van der Waals surface area contributed by atoms with E-state index in [-0.39, 0.29) is 0 Å². The summed E-state index contributed by atoms with van der Waals surface area (Å²) in [5.74, 6) is 1.80. The van der Waals surface area contributed by atoms with Crippen LogP contribution in [0.2, 0.25) is 0 Å². The maximum atomic E-state index is 6.20. The Morgan fingerprint density at radius 2 is 0.768 bits per heavy atom. The first-order valence-electron chi connectivity index (χ1n) is 18.8. The first kappa shape index (κ1) is 31.9. The number of furan rings is 1. The largest absolute Gasteiger partial charge is 0.456 e. The van der Waals surface area contributed by atoms with Crippen LogP contribution in [-0.4, -0.2) is 19.5 Å². The normalized spacial score (nSPS) is 11.6. The Kier molecular flexibility index (Phi) is 7.42. The zero-order chi connectivity index (χ0) is 37.0. The number of nitrogens with zero attached hydrogens (tertiary/aromatic N) is 4. The van der Waals surface area contributed by atoms with Gasteiger partial charge in [-0.05, 0) is 75.8 Å². The van der Waals surface area contributed by atoms with Gasteiger partial charge in [-0.3, -0.25) is 4.57 Å². The third-order valence-corrected chi connectivity index (χ3v) is 10.7. The predicted octanol–water partition coefficient (Wildman–Crippen LogP) is 13.2. The smallest absolute Gasteiger partial charge is 0.238 e. The molecular weight excluding hydrogens is 685 g/mol. The van der Waals surface area contributed by atoms with E-state index < -0.39 is 0 Å². The Morgan fingerprint density at radius 1 is 0.304 bits per heavy atom. The van der Waals surface area contributed by atoms with Crippen LogP contribution in [0.25, 0.3) is 106 Å². The van der Waals surface area contributed by atoms with Crippen molar-refractivity contribution in [2.45, 2.75) is 0 Å². The van der Waals surface area contributed by atoms with Crippen molar-refractivity contribution < 1.29 is 4.42 Å². The number of hydrogen-bond donors (Lipinski definition) is 0. The third-order valence-electron chi connectivity index (χ3n) is 10.7. The van der Waals surface area contributed by atoms with Crippen LogP contribution in [0.4, 0.5) is 0 Å². The number of hydrogen-bond acceptors (Lipinski definition) is 4. The highest BCUT2D eigenvalue weighted by atomic mass is 16.3. The summed E-state index contributed by atoms with van der Waals surface area (Å²) < 4.78 is 8.36. The molecule has 5 nitrogen and oxygen atoms in total. The molecule has 0 unspecified atom stereocenters. The minimum absolute atomic E-state index is 0.575. The third kappa shape index (κ3) is 5.45. The molecule has 0 aliphatic heterocycles. The average Bonchev–Trinajstić information content (AvgIpc) is 3.82. The fourth-order valence-corrected chi connectivity index (χ4v) is 7.92. The van der Waals surface area contributed by atoms with E-state index in [4.69, 9.17) is 19.4 Å². The van der Waals surface area contributed by atoms with Crippen LogP contribution in [0.15, 0.2) is 199 Å². The summed E-state index contributed by atoms with van der Waals surface area (Å²) >= 11 is 0. The molecule has 0 saturated heterocycles. The van der Waals surface area contributed by atoms with Gasteiger partial charge in [-0.1, -0.05) is 152 Å². The van der Waals surface area contributed by atoms with Crippen molar-refractivity contribution in [3.8, 4) is 62.1 Å². The maximum Gasteiger partial charge on any atom is 0.238 e. The van der Waals surface area contributed by atoms with E-state index in [2.05, 4.69) is 180 Å². The second-order valence-electron chi connectivity index (χ2n) is 14.1. The minimum Gasteiger partial charge on any atom is -0.456 e.